The number of hydrogen-bond donors (Lipinski definition) is 2. The first-order valence-corrected chi connectivity index (χ1v) is 5.38. The van der Waals surface area contributed by atoms with E-state index in [9.17, 15) is 0 Å². The normalized spacial score (nSPS) is 12.9. The van der Waals surface area contributed by atoms with Crippen molar-refractivity contribution in [3.05, 3.63) is 23.9 Å². The Hall–Kier alpha value is -1.62. The second-order valence-corrected chi connectivity index (χ2v) is 4.04. The lowest BCUT2D eigenvalue weighted by Crippen LogP contribution is -2.15. The van der Waals surface area contributed by atoms with Crippen LogP contribution in [0, 0.1) is 12.8 Å². The smallest absolute Gasteiger partial charge is 0.243 e. The highest BCUT2D eigenvalue weighted by Gasteiger charge is 2.05. The van der Waals surface area contributed by atoms with Crippen LogP contribution < -0.4 is 5.32 Å². The minimum absolute atomic E-state index is 0.166. The van der Waals surface area contributed by atoms with Crippen LogP contribution in [0.3, 0.4) is 0 Å². The Morgan fingerprint density at radius 2 is 2.31 bits per heavy atom. The number of aliphatic hydroxyl groups excluding tert-OH is 1. The van der Waals surface area contributed by atoms with Crippen molar-refractivity contribution in [2.45, 2.75) is 13.8 Å². The molecule has 0 spiro atoms. The molecule has 0 aliphatic carbocycles. The maximum atomic E-state index is 8.91. The number of pyridine rings is 1. The molecule has 2 aromatic heterocycles. The SMILES string of the molecule is Cc1cccc2nc(NCC(C)CO)nn12. The number of anilines is 1. The first-order chi connectivity index (χ1) is 7.70. The van der Waals surface area contributed by atoms with E-state index in [4.69, 9.17) is 5.11 Å². The number of nitrogens with one attached hydrogen (secondary N) is 1. The minimum Gasteiger partial charge on any atom is -0.396 e. The predicted molar refractivity (Wildman–Crippen MR) is 62.5 cm³/mol. The number of aromatic nitrogens is 3. The molecule has 0 saturated heterocycles. The highest BCUT2D eigenvalue weighted by molar-refractivity contribution is 5.44. The van der Waals surface area contributed by atoms with E-state index in [0.29, 0.717) is 12.5 Å². The largest absolute Gasteiger partial charge is 0.396 e. The zero-order valence-electron chi connectivity index (χ0n) is 9.51. The molecule has 16 heavy (non-hydrogen) atoms. The molecule has 0 amide bonds. The van der Waals surface area contributed by atoms with Gasteiger partial charge in [0, 0.05) is 18.8 Å². The van der Waals surface area contributed by atoms with Gasteiger partial charge in [0.1, 0.15) is 0 Å². The fourth-order valence-corrected chi connectivity index (χ4v) is 1.44. The van der Waals surface area contributed by atoms with Gasteiger partial charge in [0.2, 0.25) is 5.95 Å². The van der Waals surface area contributed by atoms with Gasteiger partial charge < -0.3 is 10.4 Å². The van der Waals surface area contributed by atoms with Gasteiger partial charge in [-0.2, -0.15) is 4.98 Å². The van der Waals surface area contributed by atoms with Crippen molar-refractivity contribution in [1.82, 2.24) is 14.6 Å². The van der Waals surface area contributed by atoms with Crippen LogP contribution in [0.1, 0.15) is 12.6 Å². The first kappa shape index (κ1) is 10.9. The maximum absolute atomic E-state index is 8.91. The second kappa shape index (κ2) is 4.49. The Bertz CT molecular complexity index is 480. The lowest BCUT2D eigenvalue weighted by atomic mass is 10.2. The molecule has 0 radical (unpaired) electrons. The molecule has 0 bridgehead atoms. The molecule has 86 valence electrons. The molecule has 5 nitrogen and oxygen atoms in total. The quantitative estimate of drug-likeness (QED) is 0.809. The standard InChI is InChI=1S/C11H16N4O/c1-8(7-16)6-12-11-13-10-5-3-4-9(2)15(10)14-11/h3-5,8,16H,6-7H2,1-2H3,(H,12,14). The maximum Gasteiger partial charge on any atom is 0.243 e. The lowest BCUT2D eigenvalue weighted by Gasteiger charge is -2.06. The number of hydrogen-bond acceptors (Lipinski definition) is 4. The molecule has 0 aliphatic rings. The molecule has 2 aromatic rings. The van der Waals surface area contributed by atoms with Gasteiger partial charge in [-0.3, -0.25) is 0 Å². The van der Waals surface area contributed by atoms with E-state index in [1.165, 1.54) is 0 Å². The molecule has 5 heteroatoms. The first-order valence-electron chi connectivity index (χ1n) is 5.38. The van der Waals surface area contributed by atoms with E-state index < -0.39 is 0 Å². The third-order valence-electron chi connectivity index (χ3n) is 2.47. The van der Waals surface area contributed by atoms with E-state index in [1.807, 2.05) is 32.0 Å². The van der Waals surface area contributed by atoms with Crippen LogP contribution in [0.15, 0.2) is 18.2 Å². The molecular weight excluding hydrogens is 204 g/mol. The van der Waals surface area contributed by atoms with Crippen LogP contribution >= 0.6 is 0 Å². The van der Waals surface area contributed by atoms with Crippen molar-refractivity contribution in [2.75, 3.05) is 18.5 Å². The number of aryl methyl sites for hydroxylation is 1. The fourth-order valence-electron chi connectivity index (χ4n) is 1.44. The monoisotopic (exact) mass is 220 g/mol. The zero-order chi connectivity index (χ0) is 11.5. The third-order valence-corrected chi connectivity index (χ3v) is 2.47. The number of fused-ring (bicyclic) bond motifs is 1. The summed E-state index contributed by atoms with van der Waals surface area (Å²) in [5.41, 5.74) is 1.88. The Morgan fingerprint density at radius 1 is 1.50 bits per heavy atom. The van der Waals surface area contributed by atoms with Crippen molar-refractivity contribution in [2.24, 2.45) is 5.92 Å². The summed E-state index contributed by atoms with van der Waals surface area (Å²) in [7, 11) is 0. The van der Waals surface area contributed by atoms with E-state index in [0.717, 1.165) is 11.3 Å². The molecule has 1 atom stereocenters. The van der Waals surface area contributed by atoms with Crippen molar-refractivity contribution in [3.63, 3.8) is 0 Å². The van der Waals surface area contributed by atoms with Crippen LogP contribution in [0.25, 0.3) is 5.65 Å². The van der Waals surface area contributed by atoms with Crippen LogP contribution in [0.4, 0.5) is 5.95 Å². The minimum atomic E-state index is 0.166. The third kappa shape index (κ3) is 2.14. The summed E-state index contributed by atoms with van der Waals surface area (Å²) in [6.45, 7) is 4.79. The van der Waals surface area contributed by atoms with E-state index in [2.05, 4.69) is 15.4 Å². The van der Waals surface area contributed by atoms with Crippen molar-refractivity contribution in [1.29, 1.82) is 0 Å². The molecule has 2 N–H and O–H groups in total. The summed E-state index contributed by atoms with van der Waals surface area (Å²) >= 11 is 0. The summed E-state index contributed by atoms with van der Waals surface area (Å²) < 4.78 is 1.80. The Kier molecular flexibility index (Phi) is 3.05. The molecule has 0 aliphatic heterocycles. The Labute approximate surface area is 94.1 Å². The average molecular weight is 220 g/mol. The van der Waals surface area contributed by atoms with Gasteiger partial charge >= 0.3 is 0 Å². The van der Waals surface area contributed by atoms with E-state index >= 15 is 0 Å². The number of nitrogens with zero attached hydrogens (tertiary/aromatic N) is 3. The van der Waals surface area contributed by atoms with Crippen LogP contribution in [-0.2, 0) is 0 Å². The topological polar surface area (TPSA) is 62.5 Å². The lowest BCUT2D eigenvalue weighted by molar-refractivity contribution is 0.244. The molecule has 0 fully saturated rings. The van der Waals surface area contributed by atoms with E-state index in [-0.39, 0.29) is 12.5 Å². The summed E-state index contributed by atoms with van der Waals surface area (Å²) in [5, 5.41) is 16.4. The van der Waals surface area contributed by atoms with Crippen molar-refractivity contribution < 1.29 is 5.11 Å². The van der Waals surface area contributed by atoms with Gasteiger partial charge in [0.05, 0.1) is 0 Å². The predicted octanol–water partition coefficient (Wildman–Crippen LogP) is 1.08. The van der Waals surface area contributed by atoms with Crippen LogP contribution in [-0.4, -0.2) is 32.9 Å². The molecule has 0 saturated carbocycles. The van der Waals surface area contributed by atoms with E-state index in [1.54, 1.807) is 4.52 Å². The molecule has 1 unspecified atom stereocenters. The zero-order valence-corrected chi connectivity index (χ0v) is 9.51. The molecule has 2 heterocycles. The summed E-state index contributed by atoms with van der Waals surface area (Å²) in [4.78, 5) is 4.34. The summed E-state index contributed by atoms with van der Waals surface area (Å²) in [6.07, 6.45) is 0. The van der Waals surface area contributed by atoms with Crippen molar-refractivity contribution >= 4 is 11.6 Å². The molecule has 2 rings (SSSR count). The summed E-state index contributed by atoms with van der Waals surface area (Å²) in [5.74, 6) is 0.808. The van der Waals surface area contributed by atoms with Crippen LogP contribution in [0.5, 0.6) is 0 Å². The van der Waals surface area contributed by atoms with Crippen molar-refractivity contribution in [3.8, 4) is 0 Å². The second-order valence-electron chi connectivity index (χ2n) is 4.04. The van der Waals surface area contributed by atoms with Gasteiger partial charge in [-0.1, -0.05) is 13.0 Å². The van der Waals surface area contributed by atoms with Crippen LogP contribution in [0.2, 0.25) is 0 Å². The van der Waals surface area contributed by atoms with Gasteiger partial charge in [-0.25, -0.2) is 4.52 Å². The number of aliphatic hydroxyl groups is 1. The average Bonchev–Trinajstić information content (AvgIpc) is 2.70. The Morgan fingerprint density at radius 3 is 3.00 bits per heavy atom. The molecular formula is C11H16N4O. The Balaban J connectivity index is 2.17. The molecule has 0 aromatic carbocycles. The highest BCUT2D eigenvalue weighted by atomic mass is 16.3. The highest BCUT2D eigenvalue weighted by Crippen LogP contribution is 2.08. The number of rotatable bonds is 4. The van der Waals surface area contributed by atoms with Gasteiger partial charge in [-0.15, -0.1) is 5.10 Å². The van der Waals surface area contributed by atoms with Gasteiger partial charge in [0.15, 0.2) is 5.65 Å². The fraction of sp³-hybridized carbons (Fsp3) is 0.455. The summed E-state index contributed by atoms with van der Waals surface area (Å²) in [6, 6.07) is 5.86. The van der Waals surface area contributed by atoms with Gasteiger partial charge in [-0.05, 0) is 25.0 Å². The van der Waals surface area contributed by atoms with Gasteiger partial charge in [0.25, 0.3) is 0 Å².